The Morgan fingerprint density at radius 1 is 0.947 bits per heavy atom. The zero-order valence-corrected chi connectivity index (χ0v) is 22.0. The van der Waals surface area contributed by atoms with E-state index >= 15 is 0 Å². The first kappa shape index (κ1) is 27.7. The van der Waals surface area contributed by atoms with Crippen molar-refractivity contribution >= 4 is 23.4 Å². The van der Waals surface area contributed by atoms with E-state index in [0.717, 1.165) is 30.5 Å². The molecule has 0 heterocycles. The van der Waals surface area contributed by atoms with Crippen molar-refractivity contribution in [2.45, 2.75) is 56.7 Å². The molecule has 1 aliphatic rings. The molecule has 0 spiro atoms. The van der Waals surface area contributed by atoms with Crippen LogP contribution in [0.1, 0.15) is 60.0 Å². The quantitative estimate of drug-likeness (QED) is 0.257. The van der Waals surface area contributed by atoms with Crippen LogP contribution >= 0.6 is 11.6 Å². The van der Waals surface area contributed by atoms with E-state index in [1.807, 2.05) is 24.3 Å². The zero-order valence-electron chi connectivity index (χ0n) is 21.3. The molecule has 3 N–H and O–H groups in total. The summed E-state index contributed by atoms with van der Waals surface area (Å²) in [6.07, 6.45) is 2.98. The molecule has 8 heteroatoms. The van der Waals surface area contributed by atoms with E-state index in [9.17, 15) is 18.4 Å². The van der Waals surface area contributed by atoms with Crippen LogP contribution in [-0.2, 0) is 11.3 Å². The van der Waals surface area contributed by atoms with Crippen molar-refractivity contribution in [3.8, 4) is 0 Å². The molecular weight excluding hydrogens is 508 g/mol. The van der Waals surface area contributed by atoms with E-state index in [1.54, 1.807) is 12.1 Å². The molecule has 0 aromatic heterocycles. The summed E-state index contributed by atoms with van der Waals surface area (Å²) >= 11 is 5.93. The molecule has 3 atom stereocenters. The van der Waals surface area contributed by atoms with Gasteiger partial charge in [0.1, 0.15) is 17.7 Å². The number of nitrogens with one attached hydrogen (secondary N) is 3. The summed E-state index contributed by atoms with van der Waals surface area (Å²) in [5.41, 5.74) is 2.28. The lowest BCUT2D eigenvalue weighted by atomic mass is 10.1. The minimum Gasteiger partial charge on any atom is -0.350 e. The van der Waals surface area contributed by atoms with E-state index in [1.165, 1.54) is 36.4 Å². The summed E-state index contributed by atoms with van der Waals surface area (Å²) in [6, 6.07) is 18.3. The second kappa shape index (κ2) is 12.5. The maximum atomic E-state index is 13.3. The first-order valence-electron chi connectivity index (χ1n) is 12.8. The molecule has 200 valence electrons. The lowest BCUT2D eigenvalue weighted by molar-refractivity contribution is -0.123. The average molecular weight is 540 g/mol. The Balaban J connectivity index is 1.28. The molecule has 5 nitrogen and oxygen atoms in total. The summed E-state index contributed by atoms with van der Waals surface area (Å²) in [5.74, 6) is -1.03. The molecule has 3 aromatic carbocycles. The predicted molar refractivity (Wildman–Crippen MR) is 145 cm³/mol. The standard InChI is InChI=1S/C30H32ClF2N3O2/c1-30(18-26(30)21-7-13-24(32)14-8-21)35-17-3-2-4-27(36-28(37)22-9-15-25(33)16-10-22)29(38)34-19-20-5-11-23(31)12-6-20/h5-16,26-27,35H,2-4,17-19H2,1H3,(H,34,38)(H,36,37). The van der Waals surface area contributed by atoms with Crippen molar-refractivity contribution < 1.29 is 18.4 Å². The lowest BCUT2D eigenvalue weighted by Gasteiger charge is -2.19. The van der Waals surface area contributed by atoms with Crippen LogP contribution in [0.15, 0.2) is 72.8 Å². The normalized spacial score (nSPS) is 19.0. The third kappa shape index (κ3) is 7.62. The maximum absolute atomic E-state index is 13.3. The van der Waals surface area contributed by atoms with E-state index in [2.05, 4.69) is 22.9 Å². The van der Waals surface area contributed by atoms with Gasteiger partial charge in [-0.2, -0.15) is 0 Å². The van der Waals surface area contributed by atoms with Gasteiger partial charge in [-0.15, -0.1) is 0 Å². The molecule has 3 unspecified atom stereocenters. The van der Waals surface area contributed by atoms with Gasteiger partial charge < -0.3 is 16.0 Å². The Bertz CT molecular complexity index is 1240. The Hall–Kier alpha value is -3.29. The molecule has 2 amide bonds. The molecule has 0 radical (unpaired) electrons. The summed E-state index contributed by atoms with van der Waals surface area (Å²) in [5, 5.41) is 9.90. The summed E-state index contributed by atoms with van der Waals surface area (Å²) in [6.45, 7) is 3.24. The first-order chi connectivity index (χ1) is 18.2. The van der Waals surface area contributed by atoms with Crippen molar-refractivity contribution in [1.82, 2.24) is 16.0 Å². The summed E-state index contributed by atoms with van der Waals surface area (Å²) in [7, 11) is 0. The van der Waals surface area contributed by atoms with Gasteiger partial charge >= 0.3 is 0 Å². The predicted octanol–water partition coefficient (Wildman–Crippen LogP) is 5.74. The zero-order chi connectivity index (χ0) is 27.1. The highest BCUT2D eigenvalue weighted by atomic mass is 35.5. The van der Waals surface area contributed by atoms with E-state index in [0.29, 0.717) is 30.3 Å². The van der Waals surface area contributed by atoms with Gasteiger partial charge in [0.2, 0.25) is 5.91 Å². The van der Waals surface area contributed by atoms with Gasteiger partial charge in [-0.3, -0.25) is 9.59 Å². The number of carbonyl (C=O) groups is 2. The Morgan fingerprint density at radius 2 is 1.58 bits per heavy atom. The van der Waals surface area contributed by atoms with Crippen LogP contribution < -0.4 is 16.0 Å². The fourth-order valence-corrected chi connectivity index (χ4v) is 4.74. The molecular formula is C30H32ClF2N3O2. The number of unbranched alkanes of at least 4 members (excludes halogenated alkanes) is 1. The van der Waals surface area contributed by atoms with Gasteiger partial charge in [-0.05, 0) is 98.8 Å². The topological polar surface area (TPSA) is 70.2 Å². The van der Waals surface area contributed by atoms with Gasteiger partial charge in [-0.25, -0.2) is 8.78 Å². The number of hydrogen-bond donors (Lipinski definition) is 3. The fourth-order valence-electron chi connectivity index (χ4n) is 4.61. The van der Waals surface area contributed by atoms with Crippen LogP contribution in [0.2, 0.25) is 5.02 Å². The van der Waals surface area contributed by atoms with Crippen molar-refractivity contribution in [3.63, 3.8) is 0 Å². The molecule has 38 heavy (non-hydrogen) atoms. The minimum absolute atomic E-state index is 0.0238. The molecule has 4 rings (SSSR count). The fraction of sp³-hybridized carbons (Fsp3) is 0.333. The van der Waals surface area contributed by atoms with Crippen LogP contribution in [0.5, 0.6) is 0 Å². The van der Waals surface area contributed by atoms with Gasteiger partial charge in [0.05, 0.1) is 0 Å². The number of halogens is 3. The molecule has 3 aromatic rings. The van der Waals surface area contributed by atoms with Crippen LogP contribution in [0, 0.1) is 11.6 Å². The molecule has 1 aliphatic carbocycles. The number of carbonyl (C=O) groups excluding carboxylic acids is 2. The maximum Gasteiger partial charge on any atom is 0.251 e. The highest BCUT2D eigenvalue weighted by molar-refractivity contribution is 6.30. The van der Waals surface area contributed by atoms with Gasteiger partial charge in [-0.1, -0.05) is 35.9 Å². The summed E-state index contributed by atoms with van der Waals surface area (Å²) in [4.78, 5) is 25.7. The van der Waals surface area contributed by atoms with Gasteiger partial charge in [0, 0.05) is 28.6 Å². The van der Waals surface area contributed by atoms with Crippen molar-refractivity contribution in [3.05, 3.63) is 106 Å². The summed E-state index contributed by atoms with van der Waals surface area (Å²) < 4.78 is 26.5. The second-order valence-electron chi connectivity index (χ2n) is 10.0. The largest absolute Gasteiger partial charge is 0.350 e. The molecule has 0 saturated heterocycles. The van der Waals surface area contributed by atoms with E-state index in [-0.39, 0.29) is 22.8 Å². The first-order valence-corrected chi connectivity index (χ1v) is 13.2. The monoisotopic (exact) mass is 539 g/mol. The molecule has 0 aliphatic heterocycles. The SMILES string of the molecule is CC1(NCCCCC(NC(=O)c2ccc(F)cc2)C(=O)NCc2ccc(Cl)cc2)CC1c1ccc(F)cc1. The molecule has 1 saturated carbocycles. The highest BCUT2D eigenvalue weighted by Gasteiger charge is 2.50. The average Bonchev–Trinajstić information content (AvgIpc) is 3.59. The lowest BCUT2D eigenvalue weighted by Crippen LogP contribution is -2.46. The number of amides is 2. The van der Waals surface area contributed by atoms with Gasteiger partial charge in [0.25, 0.3) is 5.91 Å². The van der Waals surface area contributed by atoms with E-state index in [4.69, 9.17) is 11.6 Å². The number of rotatable bonds is 12. The number of benzene rings is 3. The second-order valence-corrected chi connectivity index (χ2v) is 10.5. The third-order valence-electron chi connectivity index (χ3n) is 7.07. The van der Waals surface area contributed by atoms with Crippen molar-refractivity contribution in [1.29, 1.82) is 0 Å². The third-order valence-corrected chi connectivity index (χ3v) is 7.32. The van der Waals surface area contributed by atoms with Gasteiger partial charge in [0.15, 0.2) is 0 Å². The Kier molecular flexibility index (Phi) is 9.13. The van der Waals surface area contributed by atoms with Crippen LogP contribution in [0.25, 0.3) is 0 Å². The number of hydrogen-bond acceptors (Lipinski definition) is 3. The van der Waals surface area contributed by atoms with Crippen LogP contribution in [0.3, 0.4) is 0 Å². The molecule has 1 fully saturated rings. The Morgan fingerprint density at radius 3 is 2.24 bits per heavy atom. The minimum atomic E-state index is -0.733. The molecule has 0 bridgehead atoms. The Labute approximate surface area is 227 Å². The smallest absolute Gasteiger partial charge is 0.251 e. The van der Waals surface area contributed by atoms with Crippen LogP contribution in [-0.4, -0.2) is 29.9 Å². The van der Waals surface area contributed by atoms with Crippen molar-refractivity contribution in [2.24, 2.45) is 0 Å². The van der Waals surface area contributed by atoms with Crippen LogP contribution in [0.4, 0.5) is 8.78 Å². The van der Waals surface area contributed by atoms with Crippen molar-refractivity contribution in [2.75, 3.05) is 6.54 Å². The van der Waals surface area contributed by atoms with E-state index < -0.39 is 17.8 Å². The highest BCUT2D eigenvalue weighted by Crippen LogP contribution is 2.51.